The fourth-order valence-electron chi connectivity index (χ4n) is 10.7. The molecule has 1 aliphatic rings. The lowest BCUT2D eigenvalue weighted by molar-refractivity contribution is 0.669. The summed E-state index contributed by atoms with van der Waals surface area (Å²) in [4.78, 5) is 2.42. The largest absolute Gasteiger partial charge is 0.454 e. The van der Waals surface area contributed by atoms with Gasteiger partial charge in [-0.25, -0.2) is 0 Å². The molecule has 10 aromatic carbocycles. The summed E-state index contributed by atoms with van der Waals surface area (Å²) in [6.07, 6.45) is 0. The lowest BCUT2D eigenvalue weighted by Gasteiger charge is -2.35. The summed E-state index contributed by atoms with van der Waals surface area (Å²) in [5.74, 6) is 0. The Hall–Kier alpha value is -8.14. The topological polar surface area (TPSA) is 21.3 Å². The van der Waals surface area contributed by atoms with Crippen molar-refractivity contribution in [3.05, 3.63) is 253 Å². The van der Waals surface area contributed by atoms with Crippen LogP contribution in [0.3, 0.4) is 0 Å². The molecule has 0 fully saturated rings. The molecule has 0 spiro atoms. The van der Waals surface area contributed by atoms with E-state index >= 15 is 0 Å². The molecule has 0 amide bonds. The maximum absolute atomic E-state index is 6.86. The molecule has 3 nitrogen and oxygen atoms in total. The average Bonchev–Trinajstić information content (AvgIpc) is 3.99. The summed E-state index contributed by atoms with van der Waals surface area (Å²) in [7, 11) is 0. The van der Waals surface area contributed by atoms with Crippen LogP contribution in [0.1, 0.15) is 22.3 Å². The molecule has 2 heterocycles. The molecular formula is C59H38N2O. The Kier molecular flexibility index (Phi) is 7.52. The highest BCUT2D eigenvalue weighted by Gasteiger charge is 2.47. The molecule has 62 heavy (non-hydrogen) atoms. The van der Waals surface area contributed by atoms with Crippen LogP contribution in [0.5, 0.6) is 0 Å². The van der Waals surface area contributed by atoms with Gasteiger partial charge in [0.25, 0.3) is 0 Å². The standard InChI is InChI=1S/C59H38N2O/c1-4-18-40(19-5-1)59(41-20-6-2-7-21-41)52-37-43(32-35-46(52)50-34-31-39-17-10-11-24-45(39)57(50)59)60(54-29-16-27-51-49-26-13-15-30-56(49)62-58(51)54)44-33-36-48-47-25-12-14-28-53(47)61(55(48)38-44)42-22-8-3-9-23-42/h1-38H. The molecule has 290 valence electrons. The SMILES string of the molecule is c1ccc(-n2c3ccccc3c3ccc(N(c4ccc5c(c4)C(c4ccccc4)(c4ccccc4)c4c-5ccc5ccccc45)c4cccc5c4oc4ccccc45)cc32)cc1. The van der Waals surface area contributed by atoms with Crippen molar-refractivity contribution in [2.75, 3.05) is 4.90 Å². The zero-order valence-corrected chi connectivity index (χ0v) is 33.7. The average molecular weight is 791 g/mol. The van der Waals surface area contributed by atoms with Gasteiger partial charge in [0.15, 0.2) is 5.58 Å². The Balaban J connectivity index is 1.14. The van der Waals surface area contributed by atoms with E-state index in [2.05, 4.69) is 234 Å². The first kappa shape index (κ1) is 34.7. The van der Waals surface area contributed by atoms with Gasteiger partial charge in [0.1, 0.15) is 5.58 Å². The van der Waals surface area contributed by atoms with Gasteiger partial charge in [-0.15, -0.1) is 0 Å². The number of nitrogens with zero attached hydrogens (tertiary/aromatic N) is 2. The minimum Gasteiger partial charge on any atom is -0.454 e. The van der Waals surface area contributed by atoms with Crippen LogP contribution in [0.2, 0.25) is 0 Å². The highest BCUT2D eigenvalue weighted by molar-refractivity contribution is 6.13. The third kappa shape index (κ3) is 4.88. The zero-order valence-electron chi connectivity index (χ0n) is 33.7. The van der Waals surface area contributed by atoms with Gasteiger partial charge in [0.2, 0.25) is 0 Å². The number of benzene rings is 10. The predicted molar refractivity (Wildman–Crippen MR) is 258 cm³/mol. The Morgan fingerprint density at radius 2 is 1.00 bits per heavy atom. The third-order valence-electron chi connectivity index (χ3n) is 13.2. The molecule has 0 N–H and O–H groups in total. The minimum absolute atomic E-state index is 0.606. The summed E-state index contributed by atoms with van der Waals surface area (Å²) in [5.41, 5.74) is 15.2. The molecule has 0 saturated carbocycles. The first-order valence-corrected chi connectivity index (χ1v) is 21.3. The third-order valence-corrected chi connectivity index (χ3v) is 13.2. The Labute approximate surface area is 359 Å². The van der Waals surface area contributed by atoms with Crippen LogP contribution in [0.4, 0.5) is 17.1 Å². The maximum Gasteiger partial charge on any atom is 0.159 e. The highest BCUT2D eigenvalue weighted by atomic mass is 16.3. The lowest BCUT2D eigenvalue weighted by Crippen LogP contribution is -2.29. The molecular weight excluding hydrogens is 753 g/mol. The Bertz CT molecular complexity index is 3660. The molecule has 3 heteroatoms. The fraction of sp³-hybridized carbons (Fsp3) is 0.0169. The molecule has 13 rings (SSSR count). The summed E-state index contributed by atoms with van der Waals surface area (Å²) >= 11 is 0. The van der Waals surface area contributed by atoms with Crippen molar-refractivity contribution in [2.45, 2.75) is 5.41 Å². The number of anilines is 3. The quantitative estimate of drug-likeness (QED) is 0.167. The van der Waals surface area contributed by atoms with Crippen molar-refractivity contribution in [1.29, 1.82) is 0 Å². The first-order chi connectivity index (χ1) is 30.8. The van der Waals surface area contributed by atoms with E-state index in [4.69, 9.17) is 4.42 Å². The molecule has 0 saturated heterocycles. The van der Waals surface area contributed by atoms with Crippen LogP contribution in [0.25, 0.3) is 71.3 Å². The second kappa shape index (κ2) is 13.4. The second-order valence-corrected chi connectivity index (χ2v) is 16.4. The number of hydrogen-bond acceptors (Lipinski definition) is 2. The van der Waals surface area contributed by atoms with Gasteiger partial charge < -0.3 is 13.9 Å². The number of furan rings is 1. The van der Waals surface area contributed by atoms with E-state index in [9.17, 15) is 0 Å². The van der Waals surface area contributed by atoms with Crippen molar-refractivity contribution >= 4 is 71.6 Å². The summed E-state index contributed by atoms with van der Waals surface area (Å²) in [6, 6.07) is 84.1. The number of rotatable bonds is 6. The molecule has 0 aliphatic heterocycles. The van der Waals surface area contributed by atoms with Crippen LogP contribution in [0.15, 0.2) is 235 Å². The van der Waals surface area contributed by atoms with Crippen LogP contribution in [0, 0.1) is 0 Å². The second-order valence-electron chi connectivity index (χ2n) is 16.4. The molecule has 12 aromatic rings. The van der Waals surface area contributed by atoms with E-state index < -0.39 is 5.41 Å². The summed E-state index contributed by atoms with van der Waals surface area (Å²) in [5, 5.41) is 7.12. The van der Waals surface area contributed by atoms with Crippen molar-refractivity contribution in [2.24, 2.45) is 0 Å². The van der Waals surface area contributed by atoms with E-state index in [1.54, 1.807) is 0 Å². The number of aromatic nitrogens is 1. The van der Waals surface area contributed by atoms with Gasteiger partial charge >= 0.3 is 0 Å². The maximum atomic E-state index is 6.86. The van der Waals surface area contributed by atoms with E-state index in [0.717, 1.165) is 50.2 Å². The fourth-order valence-corrected chi connectivity index (χ4v) is 10.7. The van der Waals surface area contributed by atoms with Gasteiger partial charge in [-0.1, -0.05) is 176 Å². The van der Waals surface area contributed by atoms with Crippen molar-refractivity contribution in [3.8, 4) is 16.8 Å². The van der Waals surface area contributed by atoms with Gasteiger partial charge in [-0.3, -0.25) is 0 Å². The molecule has 0 unspecified atom stereocenters. The smallest absolute Gasteiger partial charge is 0.159 e. The van der Waals surface area contributed by atoms with Gasteiger partial charge in [-0.05, 0) is 98.8 Å². The number of hydrogen-bond donors (Lipinski definition) is 0. The number of fused-ring (bicyclic) bond motifs is 11. The van der Waals surface area contributed by atoms with E-state index in [0.29, 0.717) is 0 Å². The monoisotopic (exact) mass is 790 g/mol. The highest BCUT2D eigenvalue weighted by Crippen LogP contribution is 2.59. The Morgan fingerprint density at radius 1 is 0.403 bits per heavy atom. The van der Waals surface area contributed by atoms with Gasteiger partial charge in [0.05, 0.1) is 22.1 Å². The first-order valence-electron chi connectivity index (χ1n) is 21.3. The van der Waals surface area contributed by atoms with Crippen LogP contribution < -0.4 is 4.90 Å². The zero-order chi connectivity index (χ0) is 40.8. The van der Waals surface area contributed by atoms with E-state index in [1.807, 2.05) is 6.07 Å². The lowest BCUT2D eigenvalue weighted by atomic mass is 9.66. The summed E-state index contributed by atoms with van der Waals surface area (Å²) < 4.78 is 9.26. The molecule has 0 radical (unpaired) electrons. The minimum atomic E-state index is -0.606. The molecule has 0 atom stereocenters. The molecule has 2 aromatic heterocycles. The van der Waals surface area contributed by atoms with Crippen molar-refractivity contribution in [1.82, 2.24) is 4.57 Å². The van der Waals surface area contributed by atoms with Crippen LogP contribution in [-0.2, 0) is 5.41 Å². The normalized spacial score (nSPS) is 13.0. The van der Waals surface area contributed by atoms with Crippen molar-refractivity contribution < 1.29 is 4.42 Å². The van der Waals surface area contributed by atoms with E-state index in [1.165, 1.54) is 60.4 Å². The number of para-hydroxylation sites is 4. The Morgan fingerprint density at radius 3 is 1.79 bits per heavy atom. The molecule has 0 bridgehead atoms. The molecule has 1 aliphatic carbocycles. The predicted octanol–water partition coefficient (Wildman–Crippen LogP) is 15.7. The van der Waals surface area contributed by atoms with Gasteiger partial charge in [-0.2, -0.15) is 0 Å². The van der Waals surface area contributed by atoms with Gasteiger partial charge in [0, 0.05) is 38.6 Å². The van der Waals surface area contributed by atoms with Crippen LogP contribution in [-0.4, -0.2) is 4.57 Å². The van der Waals surface area contributed by atoms with Crippen molar-refractivity contribution in [3.63, 3.8) is 0 Å². The van der Waals surface area contributed by atoms with E-state index in [-0.39, 0.29) is 0 Å². The van der Waals surface area contributed by atoms with Crippen LogP contribution >= 0.6 is 0 Å². The summed E-state index contributed by atoms with van der Waals surface area (Å²) in [6.45, 7) is 0.